The lowest BCUT2D eigenvalue weighted by Crippen LogP contribution is -2.39. The van der Waals surface area contributed by atoms with Crippen LogP contribution in [0.4, 0.5) is 5.69 Å². The highest BCUT2D eigenvalue weighted by atomic mass is 16.2. The molecular formula is C22H26N2O2. The summed E-state index contributed by atoms with van der Waals surface area (Å²) >= 11 is 0. The van der Waals surface area contributed by atoms with Gasteiger partial charge in [-0.2, -0.15) is 0 Å². The van der Waals surface area contributed by atoms with E-state index in [1.165, 1.54) is 11.1 Å². The second-order valence-electron chi connectivity index (χ2n) is 7.04. The summed E-state index contributed by atoms with van der Waals surface area (Å²) in [6, 6.07) is 14.4. The molecule has 0 aromatic heterocycles. The second kappa shape index (κ2) is 7.73. The van der Waals surface area contributed by atoms with Gasteiger partial charge in [0.1, 0.15) is 0 Å². The first-order valence-electron chi connectivity index (χ1n) is 9.15. The fourth-order valence-corrected chi connectivity index (χ4v) is 3.53. The van der Waals surface area contributed by atoms with Crippen LogP contribution in [-0.4, -0.2) is 29.8 Å². The summed E-state index contributed by atoms with van der Waals surface area (Å²) in [5, 5.41) is 0. The van der Waals surface area contributed by atoms with Gasteiger partial charge in [-0.3, -0.25) is 9.59 Å². The molecule has 0 bridgehead atoms. The van der Waals surface area contributed by atoms with Gasteiger partial charge in [0.25, 0.3) is 0 Å². The van der Waals surface area contributed by atoms with E-state index in [0.29, 0.717) is 19.5 Å². The smallest absolute Gasteiger partial charge is 0.224 e. The second-order valence-corrected chi connectivity index (χ2v) is 7.04. The molecule has 1 heterocycles. The molecule has 4 nitrogen and oxygen atoms in total. The first kappa shape index (κ1) is 18.2. The van der Waals surface area contributed by atoms with Crippen LogP contribution in [0.25, 0.3) is 0 Å². The molecule has 0 radical (unpaired) electrons. The minimum atomic E-state index is -0.0320. The molecule has 0 spiro atoms. The van der Waals surface area contributed by atoms with Gasteiger partial charge in [-0.25, -0.2) is 0 Å². The first-order chi connectivity index (χ1) is 12.5. The standard InChI is InChI=1S/C22H26N2O2/c1-16-8-9-17(2)21(14-16)24(18(3)25)13-11-22(26)23-12-10-19-6-4-5-7-20(19)15-23/h4-9,14H,10-13,15H2,1-3H3. The van der Waals surface area contributed by atoms with Gasteiger partial charge in [0.2, 0.25) is 11.8 Å². The Labute approximate surface area is 155 Å². The fourth-order valence-electron chi connectivity index (χ4n) is 3.53. The molecular weight excluding hydrogens is 324 g/mol. The molecule has 1 aliphatic heterocycles. The predicted octanol–water partition coefficient (Wildman–Crippen LogP) is 3.63. The Balaban J connectivity index is 1.67. The van der Waals surface area contributed by atoms with E-state index in [9.17, 15) is 9.59 Å². The third-order valence-corrected chi connectivity index (χ3v) is 5.07. The molecule has 0 N–H and O–H groups in total. The zero-order valence-electron chi connectivity index (χ0n) is 15.8. The molecule has 136 valence electrons. The molecule has 4 heteroatoms. The van der Waals surface area contributed by atoms with Crippen LogP contribution in [0.15, 0.2) is 42.5 Å². The normalized spacial score (nSPS) is 13.3. The number of hydrogen-bond acceptors (Lipinski definition) is 2. The van der Waals surface area contributed by atoms with Gasteiger partial charge in [-0.05, 0) is 48.6 Å². The molecule has 0 saturated heterocycles. The van der Waals surface area contributed by atoms with Crippen molar-refractivity contribution in [1.29, 1.82) is 0 Å². The van der Waals surface area contributed by atoms with Gasteiger partial charge in [0, 0.05) is 38.7 Å². The molecule has 2 aromatic rings. The molecule has 1 aliphatic rings. The van der Waals surface area contributed by atoms with E-state index in [1.807, 2.05) is 49.1 Å². The number of carbonyl (C=O) groups excluding carboxylic acids is 2. The van der Waals surface area contributed by atoms with Gasteiger partial charge in [-0.1, -0.05) is 36.4 Å². The highest BCUT2D eigenvalue weighted by Crippen LogP contribution is 2.23. The Kier molecular flexibility index (Phi) is 5.40. The van der Waals surface area contributed by atoms with Crippen molar-refractivity contribution in [3.63, 3.8) is 0 Å². The van der Waals surface area contributed by atoms with Gasteiger partial charge < -0.3 is 9.80 Å². The highest BCUT2D eigenvalue weighted by molar-refractivity contribution is 5.93. The van der Waals surface area contributed by atoms with Crippen LogP contribution < -0.4 is 4.90 Å². The lowest BCUT2D eigenvalue weighted by molar-refractivity contribution is -0.131. The summed E-state index contributed by atoms with van der Waals surface area (Å²) in [6.45, 7) is 7.39. The van der Waals surface area contributed by atoms with Crippen molar-refractivity contribution in [2.75, 3.05) is 18.0 Å². The lowest BCUT2D eigenvalue weighted by Gasteiger charge is -2.30. The number of carbonyl (C=O) groups is 2. The average Bonchev–Trinajstić information content (AvgIpc) is 2.63. The topological polar surface area (TPSA) is 40.6 Å². The van der Waals surface area contributed by atoms with Gasteiger partial charge in [-0.15, -0.1) is 0 Å². The maximum atomic E-state index is 12.7. The summed E-state index contributed by atoms with van der Waals surface area (Å²) in [7, 11) is 0. The number of anilines is 1. The number of amides is 2. The van der Waals surface area contributed by atoms with E-state index < -0.39 is 0 Å². The molecule has 0 saturated carbocycles. The van der Waals surface area contributed by atoms with Crippen LogP contribution in [0.2, 0.25) is 0 Å². The molecule has 3 rings (SSSR count). The van der Waals surface area contributed by atoms with Gasteiger partial charge >= 0.3 is 0 Å². The van der Waals surface area contributed by atoms with Crippen molar-refractivity contribution < 1.29 is 9.59 Å². The van der Waals surface area contributed by atoms with Gasteiger partial charge in [0.05, 0.1) is 0 Å². The summed E-state index contributed by atoms with van der Waals surface area (Å²) < 4.78 is 0. The largest absolute Gasteiger partial charge is 0.338 e. The Morgan fingerprint density at radius 1 is 1.08 bits per heavy atom. The molecule has 26 heavy (non-hydrogen) atoms. The Morgan fingerprint density at radius 2 is 1.81 bits per heavy atom. The molecule has 2 amide bonds. The zero-order valence-corrected chi connectivity index (χ0v) is 15.8. The summed E-state index contributed by atoms with van der Waals surface area (Å²) in [5.41, 5.74) is 5.61. The molecule has 2 aromatic carbocycles. The fraction of sp³-hybridized carbons (Fsp3) is 0.364. The van der Waals surface area contributed by atoms with Crippen LogP contribution in [0, 0.1) is 13.8 Å². The number of aryl methyl sites for hydroxylation is 2. The zero-order chi connectivity index (χ0) is 18.7. The first-order valence-corrected chi connectivity index (χ1v) is 9.15. The SMILES string of the molecule is CC(=O)N(CCC(=O)N1CCc2ccccc2C1)c1cc(C)ccc1C. The van der Waals surface area contributed by atoms with Crippen molar-refractivity contribution in [3.05, 3.63) is 64.7 Å². The highest BCUT2D eigenvalue weighted by Gasteiger charge is 2.22. The third kappa shape index (κ3) is 3.96. The van der Waals surface area contributed by atoms with Crippen molar-refractivity contribution in [3.8, 4) is 0 Å². The predicted molar refractivity (Wildman–Crippen MR) is 104 cm³/mol. The average molecular weight is 350 g/mol. The minimum absolute atomic E-state index is 0.0320. The van der Waals surface area contributed by atoms with Crippen LogP contribution in [0.3, 0.4) is 0 Å². The van der Waals surface area contributed by atoms with E-state index in [2.05, 4.69) is 12.1 Å². The van der Waals surface area contributed by atoms with E-state index >= 15 is 0 Å². The van der Waals surface area contributed by atoms with Crippen LogP contribution in [0.1, 0.15) is 35.6 Å². The molecule has 0 atom stereocenters. The number of rotatable bonds is 4. The molecule has 0 fully saturated rings. The number of fused-ring (bicyclic) bond motifs is 1. The molecule has 0 aliphatic carbocycles. The number of nitrogens with zero attached hydrogens (tertiary/aromatic N) is 2. The van der Waals surface area contributed by atoms with Crippen LogP contribution in [0.5, 0.6) is 0 Å². The summed E-state index contributed by atoms with van der Waals surface area (Å²) in [5.74, 6) is 0.0755. The van der Waals surface area contributed by atoms with Crippen molar-refractivity contribution >= 4 is 17.5 Å². The Hall–Kier alpha value is -2.62. The maximum absolute atomic E-state index is 12.7. The number of hydrogen-bond donors (Lipinski definition) is 0. The Morgan fingerprint density at radius 3 is 2.54 bits per heavy atom. The van der Waals surface area contributed by atoms with E-state index in [-0.39, 0.29) is 11.8 Å². The van der Waals surface area contributed by atoms with Gasteiger partial charge in [0.15, 0.2) is 0 Å². The monoisotopic (exact) mass is 350 g/mol. The summed E-state index contributed by atoms with van der Waals surface area (Å²) in [4.78, 5) is 28.5. The van der Waals surface area contributed by atoms with E-state index in [4.69, 9.17) is 0 Å². The third-order valence-electron chi connectivity index (χ3n) is 5.07. The minimum Gasteiger partial charge on any atom is -0.338 e. The summed E-state index contributed by atoms with van der Waals surface area (Å²) in [6.07, 6.45) is 1.24. The van der Waals surface area contributed by atoms with Crippen molar-refractivity contribution in [2.45, 2.75) is 40.2 Å². The number of benzene rings is 2. The Bertz CT molecular complexity index is 829. The van der Waals surface area contributed by atoms with Crippen LogP contribution in [-0.2, 0) is 22.6 Å². The van der Waals surface area contributed by atoms with Crippen LogP contribution >= 0.6 is 0 Å². The molecule has 0 unspecified atom stereocenters. The van der Waals surface area contributed by atoms with E-state index in [1.54, 1.807) is 11.8 Å². The van der Waals surface area contributed by atoms with Crippen molar-refractivity contribution in [1.82, 2.24) is 4.90 Å². The van der Waals surface area contributed by atoms with E-state index in [0.717, 1.165) is 29.8 Å². The van der Waals surface area contributed by atoms with Crippen molar-refractivity contribution in [2.24, 2.45) is 0 Å². The maximum Gasteiger partial charge on any atom is 0.224 e. The quantitative estimate of drug-likeness (QED) is 0.845. The lowest BCUT2D eigenvalue weighted by atomic mass is 10.00.